The standard InChI is InChI=1S/C16H15N3/c17-19-15-9-10-18-16-13(7-4-8-14(15)16)11-12-5-2-1-3-6-12/h1-10H,11,17H2,(H,18,19). The lowest BCUT2D eigenvalue weighted by Gasteiger charge is -2.09. The Bertz CT molecular complexity index is 693. The quantitative estimate of drug-likeness (QED) is 0.554. The smallest absolute Gasteiger partial charge is 0.0758 e. The van der Waals surface area contributed by atoms with Crippen LogP contribution in [0.3, 0.4) is 0 Å². The Balaban J connectivity index is 2.09. The lowest BCUT2D eigenvalue weighted by Crippen LogP contribution is -2.07. The molecule has 3 heteroatoms. The van der Waals surface area contributed by atoms with Gasteiger partial charge in [0.15, 0.2) is 0 Å². The minimum atomic E-state index is 0.874. The summed E-state index contributed by atoms with van der Waals surface area (Å²) in [5, 5.41) is 1.05. The van der Waals surface area contributed by atoms with E-state index in [1.807, 2.05) is 24.3 Å². The number of para-hydroxylation sites is 1. The molecule has 3 aromatic rings. The van der Waals surface area contributed by atoms with Crippen molar-refractivity contribution in [3.8, 4) is 0 Å². The Morgan fingerprint density at radius 1 is 0.947 bits per heavy atom. The summed E-state index contributed by atoms with van der Waals surface area (Å²) >= 11 is 0. The molecule has 0 radical (unpaired) electrons. The molecular weight excluding hydrogens is 234 g/mol. The fourth-order valence-corrected chi connectivity index (χ4v) is 2.32. The van der Waals surface area contributed by atoms with Crippen LogP contribution in [0.25, 0.3) is 10.9 Å². The zero-order valence-corrected chi connectivity index (χ0v) is 10.5. The van der Waals surface area contributed by atoms with Crippen molar-refractivity contribution in [1.29, 1.82) is 0 Å². The number of nitrogen functional groups attached to an aromatic ring is 1. The van der Waals surface area contributed by atoms with Gasteiger partial charge in [-0.3, -0.25) is 10.8 Å². The number of aromatic nitrogens is 1. The average molecular weight is 249 g/mol. The van der Waals surface area contributed by atoms with E-state index in [2.05, 4.69) is 40.7 Å². The van der Waals surface area contributed by atoms with Crippen LogP contribution in [0, 0.1) is 0 Å². The third-order valence-electron chi connectivity index (χ3n) is 3.25. The Morgan fingerprint density at radius 2 is 1.79 bits per heavy atom. The molecule has 0 saturated heterocycles. The van der Waals surface area contributed by atoms with E-state index in [-0.39, 0.29) is 0 Å². The monoisotopic (exact) mass is 249 g/mol. The first-order valence-electron chi connectivity index (χ1n) is 6.25. The van der Waals surface area contributed by atoms with Gasteiger partial charge in [0.25, 0.3) is 0 Å². The van der Waals surface area contributed by atoms with Gasteiger partial charge < -0.3 is 5.43 Å². The summed E-state index contributed by atoms with van der Waals surface area (Å²) in [5.41, 5.74) is 7.11. The van der Waals surface area contributed by atoms with E-state index in [0.717, 1.165) is 23.0 Å². The van der Waals surface area contributed by atoms with Gasteiger partial charge in [-0.05, 0) is 23.6 Å². The van der Waals surface area contributed by atoms with Crippen molar-refractivity contribution >= 4 is 16.6 Å². The van der Waals surface area contributed by atoms with Crippen molar-refractivity contribution in [1.82, 2.24) is 4.98 Å². The highest BCUT2D eigenvalue weighted by Crippen LogP contribution is 2.24. The van der Waals surface area contributed by atoms with Crippen LogP contribution in [0.4, 0.5) is 5.69 Å². The average Bonchev–Trinajstić information content (AvgIpc) is 2.48. The third-order valence-corrected chi connectivity index (χ3v) is 3.25. The van der Waals surface area contributed by atoms with Gasteiger partial charge in [-0.15, -0.1) is 0 Å². The lowest BCUT2D eigenvalue weighted by molar-refractivity contribution is 1.19. The molecule has 0 saturated carbocycles. The van der Waals surface area contributed by atoms with Gasteiger partial charge in [0, 0.05) is 11.6 Å². The maximum Gasteiger partial charge on any atom is 0.0758 e. The molecule has 0 spiro atoms. The van der Waals surface area contributed by atoms with Crippen molar-refractivity contribution in [2.45, 2.75) is 6.42 Å². The molecule has 3 nitrogen and oxygen atoms in total. The first kappa shape index (κ1) is 11.7. The molecule has 1 aromatic heterocycles. The zero-order chi connectivity index (χ0) is 13.1. The first-order chi connectivity index (χ1) is 9.38. The molecule has 0 amide bonds. The van der Waals surface area contributed by atoms with Crippen LogP contribution in [0.5, 0.6) is 0 Å². The molecule has 3 rings (SSSR count). The van der Waals surface area contributed by atoms with Crippen LogP contribution in [-0.4, -0.2) is 4.98 Å². The van der Waals surface area contributed by atoms with E-state index in [0.29, 0.717) is 0 Å². The van der Waals surface area contributed by atoms with E-state index < -0.39 is 0 Å². The van der Waals surface area contributed by atoms with Crippen LogP contribution >= 0.6 is 0 Å². The largest absolute Gasteiger partial charge is 0.323 e. The molecule has 0 aliphatic carbocycles. The Morgan fingerprint density at radius 3 is 2.58 bits per heavy atom. The molecule has 0 atom stereocenters. The molecule has 19 heavy (non-hydrogen) atoms. The number of nitrogens with one attached hydrogen (secondary N) is 1. The van der Waals surface area contributed by atoms with Gasteiger partial charge in [-0.2, -0.15) is 0 Å². The number of fused-ring (bicyclic) bond motifs is 1. The lowest BCUT2D eigenvalue weighted by atomic mass is 10.0. The normalized spacial score (nSPS) is 10.6. The predicted molar refractivity (Wildman–Crippen MR) is 78.8 cm³/mol. The molecule has 2 aromatic carbocycles. The predicted octanol–water partition coefficient (Wildman–Crippen LogP) is 3.11. The van der Waals surface area contributed by atoms with Crippen molar-refractivity contribution in [2.24, 2.45) is 5.84 Å². The fourth-order valence-electron chi connectivity index (χ4n) is 2.32. The van der Waals surface area contributed by atoms with E-state index in [4.69, 9.17) is 5.84 Å². The van der Waals surface area contributed by atoms with Crippen LogP contribution in [-0.2, 0) is 6.42 Å². The Labute approximate surface area is 112 Å². The molecule has 0 bridgehead atoms. The number of hydrogen-bond acceptors (Lipinski definition) is 3. The number of rotatable bonds is 3. The second-order valence-electron chi connectivity index (χ2n) is 4.48. The zero-order valence-electron chi connectivity index (χ0n) is 10.5. The topological polar surface area (TPSA) is 50.9 Å². The van der Waals surface area contributed by atoms with Crippen LogP contribution in [0.15, 0.2) is 60.8 Å². The number of hydrazine groups is 1. The van der Waals surface area contributed by atoms with Gasteiger partial charge in [0.1, 0.15) is 0 Å². The Hall–Kier alpha value is -2.39. The van der Waals surface area contributed by atoms with Crippen LogP contribution in [0.1, 0.15) is 11.1 Å². The molecule has 0 unspecified atom stereocenters. The number of nitrogens with two attached hydrogens (primary N) is 1. The van der Waals surface area contributed by atoms with Gasteiger partial charge in [0.05, 0.1) is 11.2 Å². The summed E-state index contributed by atoms with van der Waals surface area (Å²) < 4.78 is 0. The van der Waals surface area contributed by atoms with E-state index in [1.54, 1.807) is 6.20 Å². The van der Waals surface area contributed by atoms with Crippen LogP contribution < -0.4 is 11.3 Å². The van der Waals surface area contributed by atoms with E-state index >= 15 is 0 Å². The van der Waals surface area contributed by atoms with E-state index in [9.17, 15) is 0 Å². The van der Waals surface area contributed by atoms with Gasteiger partial charge >= 0.3 is 0 Å². The minimum absolute atomic E-state index is 0.874. The fraction of sp³-hybridized carbons (Fsp3) is 0.0625. The summed E-state index contributed by atoms with van der Waals surface area (Å²) in [4.78, 5) is 4.49. The van der Waals surface area contributed by atoms with Crippen molar-refractivity contribution in [3.63, 3.8) is 0 Å². The summed E-state index contributed by atoms with van der Waals surface area (Å²) in [7, 11) is 0. The summed E-state index contributed by atoms with van der Waals surface area (Å²) in [5.74, 6) is 5.54. The molecular formula is C16H15N3. The molecule has 0 aliphatic rings. The maximum atomic E-state index is 5.54. The molecule has 94 valence electrons. The number of nitrogens with zero attached hydrogens (tertiary/aromatic N) is 1. The van der Waals surface area contributed by atoms with Crippen molar-refractivity contribution < 1.29 is 0 Å². The second kappa shape index (κ2) is 5.08. The highest BCUT2D eigenvalue weighted by molar-refractivity contribution is 5.92. The highest BCUT2D eigenvalue weighted by atomic mass is 15.2. The SMILES string of the molecule is NNc1ccnc2c(Cc3ccccc3)cccc12. The van der Waals surface area contributed by atoms with Crippen molar-refractivity contribution in [3.05, 3.63) is 71.9 Å². The van der Waals surface area contributed by atoms with E-state index in [1.165, 1.54) is 11.1 Å². The second-order valence-corrected chi connectivity index (χ2v) is 4.48. The number of hydrogen-bond donors (Lipinski definition) is 2. The molecule has 0 fully saturated rings. The summed E-state index contributed by atoms with van der Waals surface area (Å²) in [6.45, 7) is 0. The third kappa shape index (κ3) is 2.28. The number of pyridine rings is 1. The Kier molecular flexibility index (Phi) is 3.12. The van der Waals surface area contributed by atoms with Crippen LogP contribution in [0.2, 0.25) is 0 Å². The number of benzene rings is 2. The maximum absolute atomic E-state index is 5.54. The van der Waals surface area contributed by atoms with Gasteiger partial charge in [-0.1, -0.05) is 48.5 Å². The number of anilines is 1. The first-order valence-corrected chi connectivity index (χ1v) is 6.25. The minimum Gasteiger partial charge on any atom is -0.323 e. The van der Waals surface area contributed by atoms with Gasteiger partial charge in [0.2, 0.25) is 0 Å². The summed E-state index contributed by atoms with van der Waals surface area (Å²) in [6.07, 6.45) is 2.66. The summed E-state index contributed by atoms with van der Waals surface area (Å²) in [6, 6.07) is 18.5. The van der Waals surface area contributed by atoms with Gasteiger partial charge in [-0.25, -0.2) is 0 Å². The molecule has 3 N–H and O–H groups in total. The highest BCUT2D eigenvalue weighted by Gasteiger charge is 2.06. The molecule has 0 aliphatic heterocycles. The van der Waals surface area contributed by atoms with Crippen molar-refractivity contribution in [2.75, 3.05) is 5.43 Å². The molecule has 1 heterocycles.